The van der Waals surface area contributed by atoms with Gasteiger partial charge in [-0.1, -0.05) is 13.8 Å². The minimum Gasteiger partial charge on any atom is -0.496 e. The van der Waals surface area contributed by atoms with Gasteiger partial charge in [-0.3, -0.25) is 4.79 Å². The number of nitrogens with zero attached hydrogens (tertiary/aromatic N) is 3. The van der Waals surface area contributed by atoms with Crippen molar-refractivity contribution in [1.29, 1.82) is 0 Å². The van der Waals surface area contributed by atoms with E-state index < -0.39 is 0 Å². The molecule has 3 aromatic rings. The number of carbonyl (C=O) groups excluding carboxylic acids is 1. The monoisotopic (exact) mass is 323 g/mol. The lowest BCUT2D eigenvalue weighted by Crippen LogP contribution is -2.11. The van der Waals surface area contributed by atoms with E-state index in [1.54, 1.807) is 23.9 Å². The Morgan fingerprint density at radius 3 is 2.75 bits per heavy atom. The number of aryl methyl sites for hydroxylation is 1. The molecule has 0 aliphatic rings. The smallest absolute Gasteiger partial charge is 0.185 e. The predicted molar refractivity (Wildman–Crippen MR) is 93.5 cm³/mol. The molecule has 0 fully saturated rings. The molecular formula is C19H21N3O2. The number of Topliss-reactive ketones (excluding diaryl/α,β-unsaturated/α-hetero) is 1. The van der Waals surface area contributed by atoms with E-state index >= 15 is 0 Å². The van der Waals surface area contributed by atoms with Crippen LogP contribution in [0.5, 0.6) is 5.75 Å². The van der Waals surface area contributed by atoms with Crippen molar-refractivity contribution in [2.75, 3.05) is 7.11 Å². The summed E-state index contributed by atoms with van der Waals surface area (Å²) in [5, 5.41) is 4.50. The molecule has 2 aromatic heterocycles. The standard InChI is InChI=1S/C19H21N3O2/c1-5-12(2)19(23)15-11-18-20-9-8-16(22(18)21-15)14-6-7-17(24-4)13(3)10-14/h6-12H,5H2,1-4H3. The number of ketones is 1. The summed E-state index contributed by atoms with van der Waals surface area (Å²) in [6.07, 6.45) is 2.54. The molecule has 0 spiro atoms. The fourth-order valence-corrected chi connectivity index (χ4v) is 2.71. The highest BCUT2D eigenvalue weighted by Crippen LogP contribution is 2.26. The minimum atomic E-state index is -0.0402. The Morgan fingerprint density at radius 2 is 2.08 bits per heavy atom. The molecule has 2 heterocycles. The highest BCUT2D eigenvalue weighted by Gasteiger charge is 2.18. The van der Waals surface area contributed by atoms with Crippen LogP contribution < -0.4 is 4.74 Å². The molecule has 124 valence electrons. The molecule has 1 atom stereocenters. The Labute approximate surface area is 141 Å². The minimum absolute atomic E-state index is 0.0402. The van der Waals surface area contributed by atoms with Crippen molar-refractivity contribution in [3.8, 4) is 17.0 Å². The highest BCUT2D eigenvalue weighted by atomic mass is 16.5. The van der Waals surface area contributed by atoms with Crippen molar-refractivity contribution < 1.29 is 9.53 Å². The number of hydrogen-bond donors (Lipinski definition) is 0. The van der Waals surface area contributed by atoms with Crippen LogP contribution in [0.3, 0.4) is 0 Å². The Hall–Kier alpha value is -2.69. The molecule has 5 heteroatoms. The molecular weight excluding hydrogens is 302 g/mol. The third-order valence-corrected chi connectivity index (χ3v) is 4.36. The van der Waals surface area contributed by atoms with Crippen LogP contribution in [0.2, 0.25) is 0 Å². The lowest BCUT2D eigenvalue weighted by Gasteiger charge is -2.09. The number of ether oxygens (including phenoxy) is 1. The van der Waals surface area contributed by atoms with E-state index in [0.29, 0.717) is 11.3 Å². The van der Waals surface area contributed by atoms with Crippen molar-refractivity contribution in [2.24, 2.45) is 5.92 Å². The second-order valence-electron chi connectivity index (χ2n) is 5.99. The van der Waals surface area contributed by atoms with Gasteiger partial charge in [0.25, 0.3) is 0 Å². The van der Waals surface area contributed by atoms with Crippen LogP contribution in [0.15, 0.2) is 36.5 Å². The van der Waals surface area contributed by atoms with E-state index in [-0.39, 0.29) is 11.7 Å². The van der Waals surface area contributed by atoms with Gasteiger partial charge in [-0.25, -0.2) is 9.50 Å². The molecule has 0 saturated heterocycles. The number of benzene rings is 1. The Morgan fingerprint density at radius 1 is 1.29 bits per heavy atom. The maximum atomic E-state index is 12.4. The summed E-state index contributed by atoms with van der Waals surface area (Å²) >= 11 is 0. The molecule has 0 radical (unpaired) electrons. The highest BCUT2D eigenvalue weighted by molar-refractivity contribution is 5.96. The fourth-order valence-electron chi connectivity index (χ4n) is 2.71. The molecule has 3 rings (SSSR count). The molecule has 1 aromatic carbocycles. The van der Waals surface area contributed by atoms with Gasteiger partial charge >= 0.3 is 0 Å². The number of rotatable bonds is 5. The maximum Gasteiger partial charge on any atom is 0.185 e. The quantitative estimate of drug-likeness (QED) is 0.667. The number of hydrogen-bond acceptors (Lipinski definition) is 4. The van der Waals surface area contributed by atoms with E-state index in [1.165, 1.54) is 0 Å². The molecule has 1 unspecified atom stereocenters. The van der Waals surface area contributed by atoms with Crippen LogP contribution in [-0.4, -0.2) is 27.5 Å². The van der Waals surface area contributed by atoms with Gasteiger partial charge in [-0.05, 0) is 43.2 Å². The van der Waals surface area contributed by atoms with E-state index in [9.17, 15) is 4.79 Å². The van der Waals surface area contributed by atoms with Crippen molar-refractivity contribution >= 4 is 11.4 Å². The summed E-state index contributed by atoms with van der Waals surface area (Å²) in [5.41, 5.74) is 4.09. The number of aromatic nitrogens is 3. The molecule has 0 amide bonds. The SMILES string of the molecule is CCC(C)C(=O)c1cc2nccc(-c3ccc(OC)c(C)c3)n2n1. The molecule has 0 saturated carbocycles. The van der Waals surface area contributed by atoms with E-state index in [2.05, 4.69) is 10.1 Å². The first-order valence-corrected chi connectivity index (χ1v) is 8.09. The molecule has 0 aliphatic heterocycles. The van der Waals surface area contributed by atoms with Gasteiger partial charge in [0.1, 0.15) is 11.4 Å². The molecule has 5 nitrogen and oxygen atoms in total. The molecule has 0 N–H and O–H groups in total. The first-order valence-electron chi connectivity index (χ1n) is 8.09. The zero-order chi connectivity index (χ0) is 17.3. The first-order chi connectivity index (χ1) is 11.5. The lowest BCUT2D eigenvalue weighted by molar-refractivity contribution is 0.0922. The van der Waals surface area contributed by atoms with Crippen LogP contribution >= 0.6 is 0 Å². The normalized spacial score (nSPS) is 12.3. The fraction of sp³-hybridized carbons (Fsp3) is 0.316. The summed E-state index contributed by atoms with van der Waals surface area (Å²) in [6, 6.07) is 9.63. The summed E-state index contributed by atoms with van der Waals surface area (Å²) in [5.74, 6) is 0.860. The maximum absolute atomic E-state index is 12.4. The summed E-state index contributed by atoms with van der Waals surface area (Å²) in [6.45, 7) is 5.93. The first kappa shape index (κ1) is 16.2. The van der Waals surface area contributed by atoms with E-state index in [1.807, 2.05) is 45.0 Å². The average molecular weight is 323 g/mol. The van der Waals surface area contributed by atoms with Crippen LogP contribution in [-0.2, 0) is 0 Å². The lowest BCUT2D eigenvalue weighted by atomic mass is 10.0. The zero-order valence-corrected chi connectivity index (χ0v) is 14.4. The van der Waals surface area contributed by atoms with Gasteiger partial charge in [0.05, 0.1) is 12.8 Å². The predicted octanol–water partition coefficient (Wildman–Crippen LogP) is 3.94. The molecule has 0 bridgehead atoms. The van der Waals surface area contributed by atoms with Crippen LogP contribution in [0, 0.1) is 12.8 Å². The topological polar surface area (TPSA) is 56.5 Å². The second kappa shape index (κ2) is 6.43. The van der Waals surface area contributed by atoms with Crippen molar-refractivity contribution in [3.05, 3.63) is 47.8 Å². The van der Waals surface area contributed by atoms with Crippen LogP contribution in [0.4, 0.5) is 0 Å². The summed E-state index contributed by atoms with van der Waals surface area (Å²) < 4.78 is 7.05. The number of methoxy groups -OCH3 is 1. The molecule has 24 heavy (non-hydrogen) atoms. The van der Waals surface area contributed by atoms with E-state index in [0.717, 1.165) is 29.0 Å². The van der Waals surface area contributed by atoms with Crippen LogP contribution in [0.1, 0.15) is 36.3 Å². The van der Waals surface area contributed by atoms with Gasteiger partial charge in [-0.15, -0.1) is 0 Å². The Kier molecular flexibility index (Phi) is 4.34. The largest absolute Gasteiger partial charge is 0.496 e. The van der Waals surface area contributed by atoms with Gasteiger partial charge in [0, 0.05) is 23.7 Å². The van der Waals surface area contributed by atoms with Crippen LogP contribution in [0.25, 0.3) is 16.9 Å². The number of fused-ring (bicyclic) bond motifs is 1. The Balaban J connectivity index is 2.11. The average Bonchev–Trinajstić information content (AvgIpc) is 3.04. The van der Waals surface area contributed by atoms with Crippen molar-refractivity contribution in [3.63, 3.8) is 0 Å². The van der Waals surface area contributed by atoms with Gasteiger partial charge in [0.15, 0.2) is 11.4 Å². The van der Waals surface area contributed by atoms with Gasteiger partial charge in [0.2, 0.25) is 0 Å². The van der Waals surface area contributed by atoms with Gasteiger partial charge in [-0.2, -0.15) is 5.10 Å². The third-order valence-electron chi connectivity index (χ3n) is 4.36. The second-order valence-corrected chi connectivity index (χ2v) is 5.99. The Bertz CT molecular complexity index is 899. The molecule has 0 aliphatic carbocycles. The third kappa shape index (κ3) is 2.77. The van der Waals surface area contributed by atoms with Crippen molar-refractivity contribution in [1.82, 2.24) is 14.6 Å². The number of carbonyl (C=O) groups is 1. The summed E-state index contributed by atoms with van der Waals surface area (Å²) in [7, 11) is 1.66. The summed E-state index contributed by atoms with van der Waals surface area (Å²) in [4.78, 5) is 16.7. The van der Waals surface area contributed by atoms with Crippen molar-refractivity contribution in [2.45, 2.75) is 27.2 Å². The van der Waals surface area contributed by atoms with E-state index in [4.69, 9.17) is 4.74 Å². The van der Waals surface area contributed by atoms with Gasteiger partial charge < -0.3 is 4.74 Å². The zero-order valence-electron chi connectivity index (χ0n) is 14.4.